The van der Waals surface area contributed by atoms with Crippen molar-refractivity contribution in [1.82, 2.24) is 5.32 Å². The number of halogens is 5. The highest BCUT2D eigenvalue weighted by Crippen LogP contribution is 2.33. The molecule has 38 heavy (non-hydrogen) atoms. The van der Waals surface area contributed by atoms with Gasteiger partial charge in [-0.15, -0.1) is 0 Å². The molecule has 0 radical (unpaired) electrons. The van der Waals surface area contributed by atoms with Crippen LogP contribution in [0.5, 0.6) is 5.75 Å². The van der Waals surface area contributed by atoms with E-state index in [0.717, 1.165) is 17.5 Å². The molecule has 0 atom stereocenters. The van der Waals surface area contributed by atoms with E-state index in [1.54, 1.807) is 6.07 Å². The molecule has 0 spiro atoms. The first-order valence-corrected chi connectivity index (χ1v) is 11.9. The normalized spacial score (nSPS) is 14.1. The summed E-state index contributed by atoms with van der Waals surface area (Å²) in [5, 5.41) is 5.89. The number of hydrogen-bond acceptors (Lipinski definition) is 4. The molecule has 0 aromatic heterocycles. The first-order chi connectivity index (χ1) is 17.5. The minimum Gasteiger partial charge on any atom is -0.483 e. The summed E-state index contributed by atoms with van der Waals surface area (Å²) < 4.78 is 74.4. The second kappa shape index (κ2) is 10.7. The third-order valence-electron chi connectivity index (χ3n) is 5.40. The molecular weight excluding hydrogens is 509 g/mol. The summed E-state index contributed by atoms with van der Waals surface area (Å²) in [5.41, 5.74) is 0.534. The number of hydrazone groups is 1. The summed E-state index contributed by atoms with van der Waals surface area (Å²) in [7, 11) is 0. The standard InChI is InChI=1S/C27H30F5N3O3/c1-26(2,3)11-14-7-8-16(15(9-14)12-27(4,5)6)38-13-18(36)33-17-10-19(37)35(34-17)25-23(31)21(29)20(28)22(30)24(25)32/h7-9H,10-13H2,1-6H3,(H,33,34,36). The zero-order valence-corrected chi connectivity index (χ0v) is 22.1. The van der Waals surface area contributed by atoms with Crippen LogP contribution < -0.4 is 15.1 Å². The smallest absolute Gasteiger partial charge is 0.263 e. The molecule has 0 saturated carbocycles. The Morgan fingerprint density at radius 3 is 2.03 bits per heavy atom. The number of anilines is 1. The third kappa shape index (κ3) is 6.87. The van der Waals surface area contributed by atoms with Gasteiger partial charge in [-0.25, -0.2) is 22.0 Å². The fourth-order valence-electron chi connectivity index (χ4n) is 4.00. The number of benzene rings is 2. The summed E-state index contributed by atoms with van der Waals surface area (Å²) in [6, 6.07) is 5.76. The number of amidine groups is 1. The van der Waals surface area contributed by atoms with Gasteiger partial charge in [0, 0.05) is 0 Å². The van der Waals surface area contributed by atoms with Crippen LogP contribution in [0, 0.1) is 39.9 Å². The maximum atomic E-state index is 14.1. The zero-order valence-electron chi connectivity index (χ0n) is 22.1. The average Bonchev–Trinajstić information content (AvgIpc) is 3.13. The van der Waals surface area contributed by atoms with Crippen LogP contribution in [0.25, 0.3) is 0 Å². The maximum absolute atomic E-state index is 14.1. The van der Waals surface area contributed by atoms with Gasteiger partial charge in [0.2, 0.25) is 5.82 Å². The van der Waals surface area contributed by atoms with Gasteiger partial charge in [0.15, 0.2) is 29.9 Å². The summed E-state index contributed by atoms with van der Waals surface area (Å²) in [5.74, 6) is -12.9. The second-order valence-corrected chi connectivity index (χ2v) is 11.6. The molecule has 0 fully saturated rings. The van der Waals surface area contributed by atoms with E-state index in [4.69, 9.17) is 4.74 Å². The van der Waals surface area contributed by atoms with E-state index in [2.05, 4.69) is 52.0 Å². The Hall–Kier alpha value is -3.50. The molecule has 0 unspecified atom stereocenters. The minimum atomic E-state index is -2.36. The second-order valence-electron chi connectivity index (χ2n) is 11.6. The van der Waals surface area contributed by atoms with Crippen molar-refractivity contribution in [3.63, 3.8) is 0 Å². The van der Waals surface area contributed by atoms with Crippen molar-refractivity contribution in [3.05, 3.63) is 58.4 Å². The lowest BCUT2D eigenvalue weighted by Gasteiger charge is -2.23. The third-order valence-corrected chi connectivity index (χ3v) is 5.40. The molecule has 1 N–H and O–H groups in total. The molecule has 6 nitrogen and oxygen atoms in total. The molecule has 1 aliphatic heterocycles. The van der Waals surface area contributed by atoms with Gasteiger partial charge in [0.25, 0.3) is 11.8 Å². The molecule has 1 heterocycles. The van der Waals surface area contributed by atoms with Crippen LogP contribution in [0.2, 0.25) is 0 Å². The lowest BCUT2D eigenvalue weighted by atomic mass is 9.84. The number of carbonyl (C=O) groups is 2. The van der Waals surface area contributed by atoms with E-state index in [9.17, 15) is 31.5 Å². The molecule has 0 aliphatic carbocycles. The van der Waals surface area contributed by atoms with Crippen LogP contribution in [0.15, 0.2) is 23.3 Å². The van der Waals surface area contributed by atoms with Gasteiger partial charge in [-0.3, -0.25) is 9.59 Å². The molecule has 1 aliphatic rings. The summed E-state index contributed by atoms with van der Waals surface area (Å²) in [6.45, 7) is 12.2. The number of nitrogens with zero attached hydrogens (tertiary/aromatic N) is 2. The zero-order chi connectivity index (χ0) is 28.6. The van der Waals surface area contributed by atoms with Gasteiger partial charge in [0.05, 0.1) is 6.42 Å². The Morgan fingerprint density at radius 1 is 0.921 bits per heavy atom. The number of ether oxygens (including phenoxy) is 1. The lowest BCUT2D eigenvalue weighted by molar-refractivity contribution is -0.121. The van der Waals surface area contributed by atoms with Crippen molar-refractivity contribution in [2.75, 3.05) is 11.6 Å². The summed E-state index contributed by atoms with van der Waals surface area (Å²) in [6.07, 6.45) is 0.903. The van der Waals surface area contributed by atoms with Crippen molar-refractivity contribution >= 4 is 23.3 Å². The quantitative estimate of drug-likeness (QED) is 0.286. The Balaban J connectivity index is 1.75. The highest BCUT2D eigenvalue weighted by atomic mass is 19.2. The first kappa shape index (κ1) is 29.1. The van der Waals surface area contributed by atoms with Crippen molar-refractivity contribution in [2.24, 2.45) is 15.9 Å². The maximum Gasteiger partial charge on any atom is 0.263 e. The largest absolute Gasteiger partial charge is 0.483 e. The van der Waals surface area contributed by atoms with E-state index in [1.165, 1.54) is 0 Å². The van der Waals surface area contributed by atoms with Crippen molar-refractivity contribution < 1.29 is 36.3 Å². The molecule has 206 valence electrons. The molecule has 3 rings (SSSR count). The predicted octanol–water partition coefficient (Wildman–Crippen LogP) is 5.80. The van der Waals surface area contributed by atoms with Crippen LogP contribution in [0.4, 0.5) is 27.6 Å². The number of carbonyl (C=O) groups excluding carboxylic acids is 2. The number of nitrogens with one attached hydrogen (secondary N) is 1. The Morgan fingerprint density at radius 2 is 1.47 bits per heavy atom. The van der Waals surface area contributed by atoms with Crippen molar-refractivity contribution in [3.8, 4) is 5.75 Å². The Bertz CT molecular complexity index is 1270. The number of hydrogen-bond donors (Lipinski definition) is 1. The van der Waals surface area contributed by atoms with E-state index in [1.807, 2.05) is 12.1 Å². The predicted molar refractivity (Wildman–Crippen MR) is 132 cm³/mol. The monoisotopic (exact) mass is 539 g/mol. The van der Waals surface area contributed by atoms with E-state index >= 15 is 0 Å². The number of amides is 2. The molecule has 11 heteroatoms. The fourth-order valence-corrected chi connectivity index (χ4v) is 4.00. The van der Waals surface area contributed by atoms with Gasteiger partial charge in [-0.05, 0) is 40.9 Å². The molecule has 2 amide bonds. The molecule has 2 aromatic rings. The average molecular weight is 540 g/mol. The Labute approximate surface area is 217 Å². The van der Waals surface area contributed by atoms with Crippen molar-refractivity contribution in [2.45, 2.75) is 60.8 Å². The highest BCUT2D eigenvalue weighted by Gasteiger charge is 2.35. The van der Waals surface area contributed by atoms with Gasteiger partial charge in [-0.1, -0.05) is 53.7 Å². The lowest BCUT2D eigenvalue weighted by Crippen LogP contribution is -2.34. The van der Waals surface area contributed by atoms with E-state index in [0.29, 0.717) is 12.2 Å². The fraction of sp³-hybridized carbons (Fsp3) is 0.444. The SMILES string of the molecule is CC(C)(C)Cc1ccc(OCC(=O)NC2=NN(c3c(F)c(F)c(F)c(F)c3F)C(=O)C2)c(CC(C)(C)C)c1. The number of rotatable bonds is 6. The van der Waals surface area contributed by atoms with Crippen LogP contribution in [0.3, 0.4) is 0 Å². The van der Waals surface area contributed by atoms with E-state index < -0.39 is 59.6 Å². The summed E-state index contributed by atoms with van der Waals surface area (Å²) in [4.78, 5) is 24.7. The van der Waals surface area contributed by atoms with Crippen LogP contribution in [0.1, 0.15) is 59.1 Å². The van der Waals surface area contributed by atoms with Crippen LogP contribution >= 0.6 is 0 Å². The molecular formula is C27H30F5N3O3. The molecule has 0 saturated heterocycles. The minimum absolute atomic E-state index is 0.0438. The van der Waals surface area contributed by atoms with Gasteiger partial charge < -0.3 is 10.1 Å². The van der Waals surface area contributed by atoms with Crippen LogP contribution in [-0.2, 0) is 22.4 Å². The van der Waals surface area contributed by atoms with Gasteiger partial charge >= 0.3 is 0 Å². The molecule has 2 aromatic carbocycles. The van der Waals surface area contributed by atoms with Gasteiger partial charge in [-0.2, -0.15) is 10.1 Å². The van der Waals surface area contributed by atoms with Gasteiger partial charge in [0.1, 0.15) is 17.3 Å². The molecule has 0 bridgehead atoms. The first-order valence-electron chi connectivity index (χ1n) is 11.9. The van der Waals surface area contributed by atoms with Crippen molar-refractivity contribution in [1.29, 1.82) is 0 Å². The van der Waals surface area contributed by atoms with E-state index in [-0.39, 0.29) is 21.7 Å². The van der Waals surface area contributed by atoms with Crippen LogP contribution in [-0.4, -0.2) is 24.3 Å². The topological polar surface area (TPSA) is 71.0 Å². The summed E-state index contributed by atoms with van der Waals surface area (Å²) >= 11 is 0. The Kier molecular flexibility index (Phi) is 8.18. The highest BCUT2D eigenvalue weighted by molar-refractivity contribution is 6.15.